The van der Waals surface area contributed by atoms with Gasteiger partial charge in [-0.05, 0) is 19.0 Å². The Morgan fingerprint density at radius 3 is 2.43 bits per heavy atom. The molecule has 0 radical (unpaired) electrons. The van der Waals surface area contributed by atoms with Gasteiger partial charge in [0.05, 0.1) is 0 Å². The van der Waals surface area contributed by atoms with E-state index in [0.29, 0.717) is 0 Å². The van der Waals surface area contributed by atoms with Crippen LogP contribution in [0.1, 0.15) is 58.8 Å². The average molecular weight is 197 g/mol. The molecule has 0 saturated heterocycles. The van der Waals surface area contributed by atoms with E-state index in [1.54, 1.807) is 6.20 Å². The van der Waals surface area contributed by atoms with Crippen LogP contribution in [0.25, 0.3) is 0 Å². The second-order valence-electron chi connectivity index (χ2n) is 3.66. The minimum Gasteiger partial charge on any atom is -0.333 e. The average Bonchev–Trinajstić information content (AvgIpc) is 2.15. The van der Waals surface area contributed by atoms with Gasteiger partial charge in [0.25, 0.3) is 0 Å². The highest BCUT2D eigenvalue weighted by Crippen LogP contribution is 2.06. The summed E-state index contributed by atoms with van der Waals surface area (Å²) in [6.07, 6.45) is 12.8. The van der Waals surface area contributed by atoms with Crippen LogP contribution in [0.4, 0.5) is 0 Å². The molecule has 82 valence electrons. The summed E-state index contributed by atoms with van der Waals surface area (Å²) >= 11 is 0. The van der Waals surface area contributed by atoms with Gasteiger partial charge in [0.15, 0.2) is 0 Å². The number of carbonyl (C=O) groups excluding carboxylic acids is 1. The first-order chi connectivity index (χ1) is 6.77. The lowest BCUT2D eigenvalue weighted by Gasteiger charge is -1.97. The van der Waals surface area contributed by atoms with Crippen LogP contribution in [0.2, 0.25) is 0 Å². The van der Waals surface area contributed by atoms with Gasteiger partial charge in [0.1, 0.15) is 0 Å². The predicted octanol–water partition coefficient (Wildman–Crippen LogP) is 3.39. The van der Waals surface area contributed by atoms with Crippen LogP contribution in [-0.4, -0.2) is 5.91 Å². The van der Waals surface area contributed by atoms with E-state index in [0.717, 1.165) is 6.42 Å². The summed E-state index contributed by atoms with van der Waals surface area (Å²) in [5.74, 6) is 0.00388. The van der Waals surface area contributed by atoms with Gasteiger partial charge >= 0.3 is 0 Å². The molecule has 0 aromatic heterocycles. The first-order valence-corrected chi connectivity index (χ1v) is 5.69. The number of carbonyl (C=O) groups is 1. The maximum atomic E-state index is 10.5. The molecule has 1 amide bonds. The smallest absolute Gasteiger partial charge is 0.220 e. The van der Waals surface area contributed by atoms with Gasteiger partial charge in [-0.3, -0.25) is 4.79 Å². The molecule has 0 rings (SSSR count). The molecule has 0 bridgehead atoms. The Bertz CT molecular complexity index is 164. The summed E-state index contributed by atoms with van der Waals surface area (Å²) in [6, 6.07) is 0. The SMILES string of the molecule is CCCCCCCCC=CNC(C)=O. The molecule has 14 heavy (non-hydrogen) atoms. The second kappa shape index (κ2) is 10.3. The van der Waals surface area contributed by atoms with Crippen molar-refractivity contribution in [2.24, 2.45) is 0 Å². The van der Waals surface area contributed by atoms with E-state index in [1.165, 1.54) is 45.4 Å². The van der Waals surface area contributed by atoms with Crippen LogP contribution >= 0.6 is 0 Å². The lowest BCUT2D eigenvalue weighted by molar-refractivity contribution is -0.118. The molecule has 0 saturated carbocycles. The Morgan fingerprint density at radius 2 is 1.79 bits per heavy atom. The van der Waals surface area contributed by atoms with E-state index in [2.05, 4.69) is 12.2 Å². The zero-order valence-electron chi connectivity index (χ0n) is 9.51. The third-order valence-electron chi connectivity index (χ3n) is 2.13. The highest BCUT2D eigenvalue weighted by atomic mass is 16.1. The number of allylic oxidation sites excluding steroid dienone is 1. The Balaban J connectivity index is 3.05. The molecule has 0 aromatic carbocycles. The third kappa shape index (κ3) is 11.2. The molecular weight excluding hydrogens is 174 g/mol. The lowest BCUT2D eigenvalue weighted by atomic mass is 10.1. The van der Waals surface area contributed by atoms with Crippen LogP contribution in [0.15, 0.2) is 12.3 Å². The number of nitrogens with one attached hydrogen (secondary N) is 1. The fraction of sp³-hybridized carbons (Fsp3) is 0.750. The van der Waals surface area contributed by atoms with Gasteiger partial charge in [0.2, 0.25) is 5.91 Å². The van der Waals surface area contributed by atoms with Crippen LogP contribution in [0, 0.1) is 0 Å². The van der Waals surface area contributed by atoms with Crippen LogP contribution in [0.5, 0.6) is 0 Å². The van der Waals surface area contributed by atoms with E-state index >= 15 is 0 Å². The molecular formula is C12H23NO. The van der Waals surface area contributed by atoms with E-state index in [1.807, 2.05) is 6.08 Å². The van der Waals surface area contributed by atoms with Gasteiger partial charge in [-0.1, -0.05) is 45.1 Å². The number of amides is 1. The Morgan fingerprint density at radius 1 is 1.14 bits per heavy atom. The maximum absolute atomic E-state index is 10.5. The summed E-state index contributed by atoms with van der Waals surface area (Å²) in [4.78, 5) is 10.5. The van der Waals surface area contributed by atoms with Crippen molar-refractivity contribution in [3.05, 3.63) is 12.3 Å². The van der Waals surface area contributed by atoms with Crippen molar-refractivity contribution in [3.8, 4) is 0 Å². The molecule has 1 N–H and O–H groups in total. The van der Waals surface area contributed by atoms with Crippen molar-refractivity contribution in [2.45, 2.75) is 58.8 Å². The molecule has 0 spiro atoms. The Hall–Kier alpha value is -0.790. The number of rotatable bonds is 8. The maximum Gasteiger partial charge on any atom is 0.220 e. The number of hydrogen-bond acceptors (Lipinski definition) is 1. The Kier molecular flexibility index (Phi) is 9.71. The van der Waals surface area contributed by atoms with Gasteiger partial charge < -0.3 is 5.32 Å². The monoisotopic (exact) mass is 197 g/mol. The Labute approximate surface area is 87.8 Å². The van der Waals surface area contributed by atoms with Crippen LogP contribution in [-0.2, 0) is 4.79 Å². The first kappa shape index (κ1) is 13.2. The highest BCUT2D eigenvalue weighted by Gasteiger charge is 1.88. The summed E-state index contributed by atoms with van der Waals surface area (Å²) in [7, 11) is 0. The summed E-state index contributed by atoms with van der Waals surface area (Å²) < 4.78 is 0. The fourth-order valence-corrected chi connectivity index (χ4v) is 1.30. The van der Waals surface area contributed by atoms with Gasteiger partial charge in [-0.25, -0.2) is 0 Å². The molecule has 0 aromatic rings. The third-order valence-corrected chi connectivity index (χ3v) is 2.13. The zero-order chi connectivity index (χ0) is 10.6. The van der Waals surface area contributed by atoms with Crippen LogP contribution in [0.3, 0.4) is 0 Å². The second-order valence-corrected chi connectivity index (χ2v) is 3.66. The first-order valence-electron chi connectivity index (χ1n) is 5.69. The van der Waals surface area contributed by atoms with E-state index < -0.39 is 0 Å². The largest absolute Gasteiger partial charge is 0.333 e. The zero-order valence-corrected chi connectivity index (χ0v) is 9.51. The fourth-order valence-electron chi connectivity index (χ4n) is 1.30. The van der Waals surface area contributed by atoms with E-state index in [4.69, 9.17) is 0 Å². The molecule has 0 heterocycles. The molecule has 2 nitrogen and oxygen atoms in total. The molecule has 0 aliphatic heterocycles. The van der Waals surface area contributed by atoms with Crippen molar-refractivity contribution >= 4 is 5.91 Å². The molecule has 0 unspecified atom stereocenters. The summed E-state index contributed by atoms with van der Waals surface area (Å²) in [6.45, 7) is 3.76. The topological polar surface area (TPSA) is 29.1 Å². The number of hydrogen-bond donors (Lipinski definition) is 1. The van der Waals surface area contributed by atoms with Gasteiger partial charge in [-0.15, -0.1) is 0 Å². The molecule has 0 atom stereocenters. The van der Waals surface area contributed by atoms with E-state index in [9.17, 15) is 4.79 Å². The van der Waals surface area contributed by atoms with Crippen molar-refractivity contribution in [2.75, 3.05) is 0 Å². The van der Waals surface area contributed by atoms with Gasteiger partial charge in [0, 0.05) is 6.92 Å². The van der Waals surface area contributed by atoms with Crippen LogP contribution < -0.4 is 5.32 Å². The predicted molar refractivity (Wildman–Crippen MR) is 60.9 cm³/mol. The standard InChI is InChI=1S/C12H23NO/c1-3-4-5-6-7-8-9-10-11-13-12(2)14/h10-11H,3-9H2,1-2H3,(H,13,14). The molecule has 2 heteroatoms. The number of unbranched alkanes of at least 4 members (excludes halogenated alkanes) is 6. The minimum atomic E-state index is 0.00388. The minimum absolute atomic E-state index is 0.00388. The summed E-state index contributed by atoms with van der Waals surface area (Å²) in [5.41, 5.74) is 0. The van der Waals surface area contributed by atoms with Crippen molar-refractivity contribution in [3.63, 3.8) is 0 Å². The normalized spacial score (nSPS) is 10.7. The van der Waals surface area contributed by atoms with E-state index in [-0.39, 0.29) is 5.91 Å². The van der Waals surface area contributed by atoms with Crippen molar-refractivity contribution in [1.29, 1.82) is 0 Å². The summed E-state index contributed by atoms with van der Waals surface area (Å²) in [5, 5.41) is 2.64. The molecule has 0 fully saturated rings. The highest BCUT2D eigenvalue weighted by molar-refractivity contribution is 5.73. The quantitative estimate of drug-likeness (QED) is 0.594. The molecule has 0 aliphatic rings. The lowest BCUT2D eigenvalue weighted by Crippen LogP contribution is -2.11. The van der Waals surface area contributed by atoms with Gasteiger partial charge in [-0.2, -0.15) is 0 Å². The van der Waals surface area contributed by atoms with Crippen molar-refractivity contribution in [1.82, 2.24) is 5.32 Å². The molecule has 0 aliphatic carbocycles. The van der Waals surface area contributed by atoms with Crippen molar-refractivity contribution < 1.29 is 4.79 Å².